The molecule has 0 saturated carbocycles. The number of hydrogen-bond donors (Lipinski definition) is 0. The van der Waals surface area contributed by atoms with Crippen molar-refractivity contribution in [2.75, 3.05) is 0 Å². The first-order chi connectivity index (χ1) is 12.2. The molecule has 0 N–H and O–H groups in total. The van der Waals surface area contributed by atoms with Gasteiger partial charge in [-0.15, -0.1) is 10.2 Å². The lowest BCUT2D eigenvalue weighted by Crippen LogP contribution is -2.02. The van der Waals surface area contributed by atoms with Crippen LogP contribution < -0.4 is 0 Å². The molecule has 132 valence electrons. The number of hydrogen-bond acceptors (Lipinski definition) is 7. The Morgan fingerprint density at radius 1 is 1.20 bits per heavy atom. The normalized spacial score (nSPS) is 11.4. The van der Waals surface area contributed by atoms with Gasteiger partial charge in [0.25, 0.3) is 0 Å². The van der Waals surface area contributed by atoms with Crippen molar-refractivity contribution in [3.05, 3.63) is 36.2 Å². The molecule has 0 saturated heterocycles. The van der Waals surface area contributed by atoms with Gasteiger partial charge >= 0.3 is 0 Å². The number of pyridine rings is 1. The zero-order valence-corrected chi connectivity index (χ0v) is 15.5. The van der Waals surface area contributed by atoms with Gasteiger partial charge in [-0.1, -0.05) is 37.7 Å². The minimum Gasteiger partial charge on any atom is -0.339 e. The van der Waals surface area contributed by atoms with Gasteiger partial charge in [0.2, 0.25) is 5.89 Å². The molecule has 3 aromatic rings. The summed E-state index contributed by atoms with van der Waals surface area (Å²) >= 11 is 1.58. The summed E-state index contributed by atoms with van der Waals surface area (Å²) in [5, 5.41) is 13.6. The van der Waals surface area contributed by atoms with Gasteiger partial charge < -0.3 is 9.09 Å². The standard InChI is InChI=1S/C17H22N6OS/c1-4-9-23-16(13-5-7-18-8-6-13)20-21-17(23)25-11-14-19-15(24-22-14)10-12(2)3/h5-8,12H,4,9-11H2,1-3H3. The summed E-state index contributed by atoms with van der Waals surface area (Å²) in [6.07, 6.45) is 5.34. The lowest BCUT2D eigenvalue weighted by molar-refractivity contribution is 0.360. The Morgan fingerprint density at radius 2 is 2.00 bits per heavy atom. The molecule has 0 aromatic carbocycles. The molecular formula is C17H22N6OS. The van der Waals surface area contributed by atoms with Gasteiger partial charge in [0.1, 0.15) is 0 Å². The maximum atomic E-state index is 5.29. The predicted octanol–water partition coefficient (Wildman–Crippen LogP) is 3.62. The lowest BCUT2D eigenvalue weighted by Gasteiger charge is -2.08. The molecule has 3 rings (SSSR count). The maximum absolute atomic E-state index is 5.29. The number of aromatic nitrogens is 6. The van der Waals surface area contributed by atoms with Crippen molar-refractivity contribution in [1.82, 2.24) is 29.9 Å². The molecule has 0 atom stereocenters. The Hall–Kier alpha value is -2.22. The van der Waals surface area contributed by atoms with E-state index >= 15 is 0 Å². The molecule has 0 fully saturated rings. The zero-order valence-electron chi connectivity index (χ0n) is 14.7. The largest absolute Gasteiger partial charge is 0.339 e. The molecule has 3 heterocycles. The molecule has 0 amide bonds. The summed E-state index contributed by atoms with van der Waals surface area (Å²) in [6.45, 7) is 7.26. The Morgan fingerprint density at radius 3 is 2.72 bits per heavy atom. The highest BCUT2D eigenvalue weighted by Gasteiger charge is 2.15. The lowest BCUT2D eigenvalue weighted by atomic mass is 10.1. The van der Waals surface area contributed by atoms with Gasteiger partial charge in [-0.25, -0.2) is 0 Å². The summed E-state index contributed by atoms with van der Waals surface area (Å²) < 4.78 is 7.43. The Bertz CT molecular complexity index is 799. The van der Waals surface area contributed by atoms with Gasteiger partial charge in [0, 0.05) is 30.9 Å². The summed E-state index contributed by atoms with van der Waals surface area (Å²) in [5.41, 5.74) is 1.02. The highest BCUT2D eigenvalue weighted by molar-refractivity contribution is 7.98. The van der Waals surface area contributed by atoms with Crippen LogP contribution in [0.15, 0.2) is 34.2 Å². The second kappa shape index (κ2) is 8.24. The summed E-state index contributed by atoms with van der Waals surface area (Å²) in [4.78, 5) is 8.50. The summed E-state index contributed by atoms with van der Waals surface area (Å²) in [5.74, 6) is 3.35. The van der Waals surface area contributed by atoms with E-state index in [1.807, 2.05) is 12.1 Å². The summed E-state index contributed by atoms with van der Waals surface area (Å²) in [6, 6.07) is 3.89. The van der Waals surface area contributed by atoms with E-state index in [1.165, 1.54) is 0 Å². The third-order valence-electron chi connectivity index (χ3n) is 3.53. The van der Waals surface area contributed by atoms with Gasteiger partial charge in [0.05, 0.1) is 5.75 Å². The van der Waals surface area contributed by atoms with Crippen molar-refractivity contribution in [3.8, 4) is 11.4 Å². The fourth-order valence-electron chi connectivity index (χ4n) is 2.45. The second-order valence-electron chi connectivity index (χ2n) is 6.18. The van der Waals surface area contributed by atoms with Gasteiger partial charge in [-0.05, 0) is 24.5 Å². The van der Waals surface area contributed by atoms with E-state index in [-0.39, 0.29) is 0 Å². The average Bonchev–Trinajstić information content (AvgIpc) is 3.20. The average molecular weight is 358 g/mol. The van der Waals surface area contributed by atoms with Crippen LogP contribution in [-0.2, 0) is 18.7 Å². The van der Waals surface area contributed by atoms with Crippen LogP contribution in [0, 0.1) is 5.92 Å². The van der Waals surface area contributed by atoms with Crippen molar-refractivity contribution < 1.29 is 4.52 Å². The van der Waals surface area contributed by atoms with Crippen LogP contribution in [0.3, 0.4) is 0 Å². The van der Waals surface area contributed by atoms with Crippen LogP contribution >= 0.6 is 11.8 Å². The van der Waals surface area contributed by atoms with Crippen LogP contribution in [-0.4, -0.2) is 29.9 Å². The first-order valence-electron chi connectivity index (χ1n) is 8.45. The number of thioether (sulfide) groups is 1. The first kappa shape index (κ1) is 17.6. The highest BCUT2D eigenvalue weighted by atomic mass is 32.2. The molecule has 0 unspecified atom stereocenters. The zero-order chi connectivity index (χ0) is 17.6. The molecule has 0 aliphatic carbocycles. The van der Waals surface area contributed by atoms with Crippen LogP contribution in [0.2, 0.25) is 0 Å². The van der Waals surface area contributed by atoms with Crippen molar-refractivity contribution in [2.24, 2.45) is 5.92 Å². The van der Waals surface area contributed by atoms with E-state index < -0.39 is 0 Å². The topological polar surface area (TPSA) is 82.5 Å². The molecule has 0 bridgehead atoms. The minimum atomic E-state index is 0.497. The van der Waals surface area contributed by atoms with Crippen LogP contribution in [0.5, 0.6) is 0 Å². The first-order valence-corrected chi connectivity index (χ1v) is 9.43. The molecule has 8 heteroatoms. The fraction of sp³-hybridized carbons (Fsp3) is 0.471. The molecule has 0 aliphatic heterocycles. The quantitative estimate of drug-likeness (QED) is 0.569. The predicted molar refractivity (Wildman–Crippen MR) is 95.9 cm³/mol. The molecular weight excluding hydrogens is 336 g/mol. The molecule has 0 spiro atoms. The second-order valence-corrected chi connectivity index (χ2v) is 7.13. The Labute approximate surface area is 151 Å². The van der Waals surface area contributed by atoms with Crippen LogP contribution in [0.25, 0.3) is 11.4 Å². The van der Waals surface area contributed by atoms with Crippen molar-refractivity contribution in [1.29, 1.82) is 0 Å². The van der Waals surface area contributed by atoms with Crippen molar-refractivity contribution in [3.63, 3.8) is 0 Å². The fourth-order valence-corrected chi connectivity index (χ4v) is 3.25. The molecule has 0 radical (unpaired) electrons. The molecule has 7 nitrogen and oxygen atoms in total. The van der Waals surface area contributed by atoms with E-state index in [0.29, 0.717) is 23.4 Å². The highest BCUT2D eigenvalue weighted by Crippen LogP contribution is 2.26. The maximum Gasteiger partial charge on any atom is 0.226 e. The molecule has 3 aromatic heterocycles. The van der Waals surface area contributed by atoms with E-state index in [2.05, 4.69) is 50.7 Å². The van der Waals surface area contributed by atoms with Gasteiger partial charge in [0.15, 0.2) is 16.8 Å². The third-order valence-corrected chi connectivity index (χ3v) is 4.49. The Balaban J connectivity index is 1.74. The van der Waals surface area contributed by atoms with Gasteiger partial charge in [-0.2, -0.15) is 4.98 Å². The van der Waals surface area contributed by atoms with Gasteiger partial charge in [-0.3, -0.25) is 4.98 Å². The third kappa shape index (κ3) is 4.45. The van der Waals surface area contributed by atoms with Crippen molar-refractivity contribution in [2.45, 2.75) is 51.1 Å². The number of rotatable bonds is 8. The smallest absolute Gasteiger partial charge is 0.226 e. The van der Waals surface area contributed by atoms with Crippen LogP contribution in [0.4, 0.5) is 0 Å². The van der Waals surface area contributed by atoms with Crippen LogP contribution in [0.1, 0.15) is 38.9 Å². The monoisotopic (exact) mass is 358 g/mol. The SMILES string of the molecule is CCCn1c(SCc2noc(CC(C)C)n2)nnc1-c1ccncc1. The molecule has 0 aliphatic rings. The number of nitrogens with zero attached hydrogens (tertiary/aromatic N) is 6. The summed E-state index contributed by atoms with van der Waals surface area (Å²) in [7, 11) is 0. The minimum absolute atomic E-state index is 0.497. The van der Waals surface area contributed by atoms with E-state index in [1.54, 1.807) is 24.2 Å². The van der Waals surface area contributed by atoms with E-state index in [4.69, 9.17) is 4.52 Å². The van der Waals surface area contributed by atoms with E-state index in [9.17, 15) is 0 Å². The Kier molecular flexibility index (Phi) is 5.80. The molecule has 25 heavy (non-hydrogen) atoms. The van der Waals surface area contributed by atoms with E-state index in [0.717, 1.165) is 35.9 Å². The van der Waals surface area contributed by atoms with Crippen molar-refractivity contribution >= 4 is 11.8 Å².